The number of hydrogen-bond acceptors (Lipinski definition) is 4. The second kappa shape index (κ2) is 5.87. The zero-order chi connectivity index (χ0) is 13.8. The van der Waals surface area contributed by atoms with E-state index in [0.717, 1.165) is 6.42 Å². The molecule has 2 bridgehead atoms. The lowest BCUT2D eigenvalue weighted by Gasteiger charge is -2.24. The summed E-state index contributed by atoms with van der Waals surface area (Å²) in [4.78, 5) is 24.1. The van der Waals surface area contributed by atoms with Crippen molar-refractivity contribution in [2.45, 2.75) is 6.42 Å². The number of rotatable bonds is 6. The SMILES string of the molecule is C=CCOC(=O)[C@@H]1[C@@H](C(=O)OCC=C)[C@H]2C=C[C@@H]1C2. The van der Waals surface area contributed by atoms with Gasteiger partial charge in [0.2, 0.25) is 0 Å². The summed E-state index contributed by atoms with van der Waals surface area (Å²) < 4.78 is 10.2. The average molecular weight is 262 g/mol. The third kappa shape index (κ3) is 2.62. The molecule has 0 aliphatic heterocycles. The minimum atomic E-state index is -0.424. The van der Waals surface area contributed by atoms with E-state index < -0.39 is 11.8 Å². The molecule has 4 heteroatoms. The van der Waals surface area contributed by atoms with Gasteiger partial charge in [-0.15, -0.1) is 0 Å². The minimum Gasteiger partial charge on any atom is -0.461 e. The molecule has 4 atom stereocenters. The van der Waals surface area contributed by atoms with Gasteiger partial charge in [0.25, 0.3) is 0 Å². The van der Waals surface area contributed by atoms with Gasteiger partial charge in [0, 0.05) is 0 Å². The van der Waals surface area contributed by atoms with Crippen molar-refractivity contribution in [1.29, 1.82) is 0 Å². The molecule has 0 radical (unpaired) electrons. The maximum absolute atomic E-state index is 12.1. The maximum Gasteiger partial charge on any atom is 0.310 e. The zero-order valence-corrected chi connectivity index (χ0v) is 10.8. The van der Waals surface area contributed by atoms with Gasteiger partial charge in [-0.1, -0.05) is 37.5 Å². The summed E-state index contributed by atoms with van der Waals surface area (Å²) in [6.07, 6.45) is 7.86. The number of allylic oxidation sites excluding steroid dienone is 2. The van der Waals surface area contributed by atoms with Crippen LogP contribution in [0.25, 0.3) is 0 Å². The second-order valence-electron chi connectivity index (χ2n) is 4.84. The van der Waals surface area contributed by atoms with E-state index in [1.165, 1.54) is 12.2 Å². The molecule has 0 amide bonds. The van der Waals surface area contributed by atoms with Crippen molar-refractivity contribution in [1.82, 2.24) is 0 Å². The van der Waals surface area contributed by atoms with Crippen LogP contribution in [0.15, 0.2) is 37.5 Å². The highest BCUT2D eigenvalue weighted by atomic mass is 16.5. The van der Waals surface area contributed by atoms with Crippen LogP contribution < -0.4 is 0 Å². The Morgan fingerprint density at radius 1 is 1.00 bits per heavy atom. The smallest absolute Gasteiger partial charge is 0.310 e. The molecular formula is C15H18O4. The maximum atomic E-state index is 12.1. The van der Waals surface area contributed by atoms with Crippen LogP contribution >= 0.6 is 0 Å². The third-order valence-corrected chi connectivity index (χ3v) is 3.69. The van der Waals surface area contributed by atoms with E-state index in [9.17, 15) is 9.59 Å². The Labute approximate surface area is 112 Å². The van der Waals surface area contributed by atoms with Crippen molar-refractivity contribution in [2.24, 2.45) is 23.7 Å². The largest absolute Gasteiger partial charge is 0.461 e. The van der Waals surface area contributed by atoms with Gasteiger partial charge in [0.05, 0.1) is 11.8 Å². The zero-order valence-electron chi connectivity index (χ0n) is 10.8. The Balaban J connectivity index is 2.08. The van der Waals surface area contributed by atoms with Crippen molar-refractivity contribution >= 4 is 11.9 Å². The van der Waals surface area contributed by atoms with Crippen LogP contribution in [0, 0.1) is 23.7 Å². The van der Waals surface area contributed by atoms with Gasteiger partial charge in [-0.2, -0.15) is 0 Å². The molecule has 2 rings (SSSR count). The van der Waals surface area contributed by atoms with Crippen LogP contribution in [0.4, 0.5) is 0 Å². The first kappa shape index (κ1) is 13.6. The van der Waals surface area contributed by atoms with Gasteiger partial charge < -0.3 is 9.47 Å². The highest BCUT2D eigenvalue weighted by Crippen LogP contribution is 2.48. The molecule has 19 heavy (non-hydrogen) atoms. The highest BCUT2D eigenvalue weighted by Gasteiger charge is 2.52. The van der Waals surface area contributed by atoms with E-state index in [4.69, 9.17) is 9.47 Å². The first-order valence-electron chi connectivity index (χ1n) is 6.42. The first-order valence-corrected chi connectivity index (χ1v) is 6.42. The lowest BCUT2D eigenvalue weighted by atomic mass is 9.83. The van der Waals surface area contributed by atoms with Crippen LogP contribution in [-0.2, 0) is 19.1 Å². The Morgan fingerprint density at radius 2 is 1.42 bits per heavy atom. The van der Waals surface area contributed by atoms with E-state index in [0.29, 0.717) is 0 Å². The van der Waals surface area contributed by atoms with Crippen molar-refractivity contribution in [3.63, 3.8) is 0 Å². The van der Waals surface area contributed by atoms with E-state index in [-0.39, 0.29) is 37.0 Å². The molecule has 0 aromatic heterocycles. The van der Waals surface area contributed by atoms with E-state index in [1.54, 1.807) is 0 Å². The average Bonchev–Trinajstić information content (AvgIpc) is 3.02. The number of carbonyl (C=O) groups excluding carboxylic acids is 2. The Kier molecular flexibility index (Phi) is 4.20. The van der Waals surface area contributed by atoms with Gasteiger partial charge in [0.15, 0.2) is 0 Å². The molecule has 0 heterocycles. The van der Waals surface area contributed by atoms with Gasteiger partial charge in [-0.3, -0.25) is 9.59 Å². The molecule has 1 fully saturated rings. The molecule has 2 aliphatic rings. The second-order valence-corrected chi connectivity index (χ2v) is 4.84. The van der Waals surface area contributed by atoms with E-state index in [1.807, 2.05) is 12.2 Å². The molecule has 4 nitrogen and oxygen atoms in total. The summed E-state index contributed by atoms with van der Waals surface area (Å²) in [5, 5.41) is 0. The number of fused-ring (bicyclic) bond motifs is 2. The summed E-state index contributed by atoms with van der Waals surface area (Å²) in [6, 6.07) is 0. The quantitative estimate of drug-likeness (QED) is 0.542. The Hall–Kier alpha value is -1.84. The number of hydrogen-bond donors (Lipinski definition) is 0. The topological polar surface area (TPSA) is 52.6 Å². The van der Waals surface area contributed by atoms with Crippen LogP contribution in [0.3, 0.4) is 0 Å². The van der Waals surface area contributed by atoms with Crippen molar-refractivity contribution in [2.75, 3.05) is 13.2 Å². The fraction of sp³-hybridized carbons (Fsp3) is 0.467. The van der Waals surface area contributed by atoms with Crippen LogP contribution in [-0.4, -0.2) is 25.2 Å². The monoisotopic (exact) mass is 262 g/mol. The van der Waals surface area contributed by atoms with Crippen LogP contribution in [0.2, 0.25) is 0 Å². The molecule has 102 valence electrons. The fourth-order valence-electron chi connectivity index (χ4n) is 2.94. The Bertz CT molecular complexity index is 386. The molecular weight excluding hydrogens is 244 g/mol. The summed E-state index contributed by atoms with van der Waals surface area (Å²) in [6.45, 7) is 7.36. The van der Waals surface area contributed by atoms with Crippen LogP contribution in [0.1, 0.15) is 6.42 Å². The summed E-state index contributed by atoms with van der Waals surface area (Å²) >= 11 is 0. The predicted molar refractivity (Wildman–Crippen MR) is 70.0 cm³/mol. The summed E-state index contributed by atoms with van der Waals surface area (Å²) in [5.41, 5.74) is 0. The standard InChI is InChI=1S/C15H18O4/c1-3-7-18-14(16)12-10-5-6-11(9-10)13(12)15(17)19-8-4-2/h3-6,10-13H,1-2,7-9H2/t10-,11+,12-,13-/m0/s1. The third-order valence-electron chi connectivity index (χ3n) is 3.69. The molecule has 0 aromatic rings. The van der Waals surface area contributed by atoms with Crippen LogP contribution in [0.5, 0.6) is 0 Å². The van der Waals surface area contributed by atoms with Gasteiger partial charge >= 0.3 is 11.9 Å². The normalized spacial score (nSPS) is 30.9. The van der Waals surface area contributed by atoms with E-state index >= 15 is 0 Å². The van der Waals surface area contributed by atoms with Gasteiger partial charge in [-0.25, -0.2) is 0 Å². The van der Waals surface area contributed by atoms with Crippen molar-refractivity contribution in [3.05, 3.63) is 37.5 Å². The summed E-state index contributed by atoms with van der Waals surface area (Å²) in [5.74, 6) is -1.35. The highest BCUT2D eigenvalue weighted by molar-refractivity contribution is 5.84. The molecule has 0 unspecified atom stereocenters. The molecule has 1 saturated carbocycles. The summed E-state index contributed by atoms with van der Waals surface area (Å²) in [7, 11) is 0. The lowest BCUT2D eigenvalue weighted by Crippen LogP contribution is -2.35. The van der Waals surface area contributed by atoms with Gasteiger partial charge in [-0.05, 0) is 18.3 Å². The van der Waals surface area contributed by atoms with E-state index in [2.05, 4.69) is 13.2 Å². The first-order chi connectivity index (χ1) is 9.19. The molecule has 0 aromatic carbocycles. The number of carbonyl (C=O) groups is 2. The van der Waals surface area contributed by atoms with Crippen molar-refractivity contribution < 1.29 is 19.1 Å². The number of esters is 2. The minimum absolute atomic E-state index is 0.0867. The molecule has 0 N–H and O–H groups in total. The lowest BCUT2D eigenvalue weighted by molar-refractivity contribution is -0.160. The number of ether oxygens (including phenoxy) is 2. The molecule has 2 aliphatic carbocycles. The Morgan fingerprint density at radius 3 is 1.79 bits per heavy atom. The molecule has 0 spiro atoms. The molecule has 0 saturated heterocycles. The predicted octanol–water partition coefficient (Wildman–Crippen LogP) is 1.88. The fourth-order valence-corrected chi connectivity index (χ4v) is 2.94. The van der Waals surface area contributed by atoms with Crippen molar-refractivity contribution in [3.8, 4) is 0 Å². The van der Waals surface area contributed by atoms with Gasteiger partial charge in [0.1, 0.15) is 13.2 Å².